The van der Waals surface area contributed by atoms with Gasteiger partial charge in [0, 0.05) is 0 Å². The Balaban J connectivity index is 1.06. The second kappa shape index (κ2) is 9.64. The highest BCUT2D eigenvalue weighted by Crippen LogP contribution is 2.26. The monoisotopic (exact) mass is 438 g/mol. The van der Waals surface area contributed by atoms with Crippen molar-refractivity contribution in [2.75, 3.05) is 13.2 Å². The second-order valence-electron chi connectivity index (χ2n) is 7.59. The first-order valence-electron chi connectivity index (χ1n) is 10.6. The summed E-state index contributed by atoms with van der Waals surface area (Å²) in [6.07, 6.45) is 5.96. The molecular weight excluding hydrogens is 416 g/mol. The van der Waals surface area contributed by atoms with Gasteiger partial charge in [0.15, 0.2) is 0 Å². The van der Waals surface area contributed by atoms with E-state index < -0.39 is 23.9 Å². The van der Waals surface area contributed by atoms with E-state index in [0.717, 1.165) is 38.5 Å². The van der Waals surface area contributed by atoms with Gasteiger partial charge in [0.2, 0.25) is 0 Å². The van der Waals surface area contributed by atoms with Crippen molar-refractivity contribution in [1.29, 1.82) is 0 Å². The summed E-state index contributed by atoms with van der Waals surface area (Å²) in [6, 6.07) is 9.53. The standard InChI is InChI=1S/C24H22O8/c25-21-17-9-7-15(13-19(17)23(27)31-21)29-11-5-3-1-2-4-6-12-30-16-8-10-18-20(14-16)24(28)32-22(18)26/h7-10,13-14H,1-6,11-12H2. The van der Waals surface area contributed by atoms with Crippen LogP contribution in [0.15, 0.2) is 36.4 Å². The van der Waals surface area contributed by atoms with Gasteiger partial charge >= 0.3 is 23.9 Å². The van der Waals surface area contributed by atoms with E-state index in [-0.39, 0.29) is 22.3 Å². The Morgan fingerprint density at radius 1 is 0.500 bits per heavy atom. The summed E-state index contributed by atoms with van der Waals surface area (Å²) < 4.78 is 20.4. The van der Waals surface area contributed by atoms with Gasteiger partial charge < -0.3 is 18.9 Å². The van der Waals surface area contributed by atoms with Crippen molar-refractivity contribution in [3.8, 4) is 11.5 Å². The van der Waals surface area contributed by atoms with Crippen molar-refractivity contribution in [1.82, 2.24) is 0 Å². The molecule has 2 aliphatic rings. The van der Waals surface area contributed by atoms with Gasteiger partial charge in [0.25, 0.3) is 0 Å². The number of fused-ring (bicyclic) bond motifs is 2. The Morgan fingerprint density at radius 3 is 1.31 bits per heavy atom. The fourth-order valence-electron chi connectivity index (χ4n) is 3.60. The van der Waals surface area contributed by atoms with Crippen molar-refractivity contribution < 1.29 is 38.1 Å². The van der Waals surface area contributed by atoms with Gasteiger partial charge in [-0.3, -0.25) is 0 Å². The van der Waals surface area contributed by atoms with E-state index >= 15 is 0 Å². The molecule has 8 nitrogen and oxygen atoms in total. The van der Waals surface area contributed by atoms with E-state index in [2.05, 4.69) is 9.47 Å². The molecule has 0 bridgehead atoms. The molecule has 0 spiro atoms. The van der Waals surface area contributed by atoms with E-state index in [4.69, 9.17) is 9.47 Å². The molecule has 0 amide bonds. The zero-order chi connectivity index (χ0) is 22.5. The molecule has 0 radical (unpaired) electrons. The first-order chi connectivity index (χ1) is 15.5. The van der Waals surface area contributed by atoms with Crippen LogP contribution in [0.5, 0.6) is 11.5 Å². The van der Waals surface area contributed by atoms with Gasteiger partial charge in [-0.25, -0.2) is 19.2 Å². The van der Waals surface area contributed by atoms with E-state index in [0.29, 0.717) is 24.7 Å². The van der Waals surface area contributed by atoms with Crippen LogP contribution >= 0.6 is 0 Å². The van der Waals surface area contributed by atoms with Crippen molar-refractivity contribution >= 4 is 23.9 Å². The molecule has 0 saturated heterocycles. The summed E-state index contributed by atoms with van der Waals surface area (Å²) >= 11 is 0. The number of ether oxygens (including phenoxy) is 4. The normalized spacial score (nSPS) is 14.1. The van der Waals surface area contributed by atoms with Crippen LogP contribution in [0.25, 0.3) is 0 Å². The molecule has 0 fully saturated rings. The number of rotatable bonds is 11. The zero-order valence-corrected chi connectivity index (χ0v) is 17.4. The van der Waals surface area contributed by atoms with Crippen LogP contribution in [0.3, 0.4) is 0 Å². The molecule has 2 aromatic rings. The van der Waals surface area contributed by atoms with Gasteiger partial charge in [-0.05, 0) is 49.2 Å². The summed E-state index contributed by atoms with van der Waals surface area (Å²) in [6.45, 7) is 1.07. The Labute approximate surface area is 184 Å². The Bertz CT molecular complexity index is 986. The third-order valence-corrected chi connectivity index (χ3v) is 5.31. The molecule has 2 aromatic carbocycles. The third kappa shape index (κ3) is 4.80. The topological polar surface area (TPSA) is 105 Å². The smallest absolute Gasteiger partial charge is 0.347 e. The zero-order valence-electron chi connectivity index (χ0n) is 17.4. The number of hydrogen-bond donors (Lipinski definition) is 0. The second-order valence-corrected chi connectivity index (χ2v) is 7.59. The lowest BCUT2D eigenvalue weighted by Crippen LogP contribution is -2.00. The maximum atomic E-state index is 11.6. The Kier molecular flexibility index (Phi) is 6.49. The quantitative estimate of drug-likeness (QED) is 0.293. The molecule has 8 heteroatoms. The fourth-order valence-corrected chi connectivity index (χ4v) is 3.60. The molecular formula is C24H22O8. The Morgan fingerprint density at radius 2 is 0.875 bits per heavy atom. The number of carbonyl (C=O) groups excluding carboxylic acids is 4. The Hall–Kier alpha value is -3.68. The van der Waals surface area contributed by atoms with Gasteiger partial charge in [-0.1, -0.05) is 25.7 Å². The predicted molar refractivity (Wildman–Crippen MR) is 111 cm³/mol. The molecule has 0 aromatic heterocycles. The van der Waals surface area contributed by atoms with Crippen LogP contribution in [0, 0.1) is 0 Å². The highest BCUT2D eigenvalue weighted by Gasteiger charge is 2.30. The largest absolute Gasteiger partial charge is 0.494 e. The van der Waals surface area contributed by atoms with Crippen LogP contribution in [0.2, 0.25) is 0 Å². The van der Waals surface area contributed by atoms with E-state index in [1.807, 2.05) is 0 Å². The molecule has 0 atom stereocenters. The molecule has 0 unspecified atom stereocenters. The number of carbonyl (C=O) groups is 4. The SMILES string of the molecule is O=C1OC(=O)c2cc(OCCCCCCCCOc3ccc4c(c3)C(=O)OC4=O)ccc21. The van der Waals surface area contributed by atoms with Crippen molar-refractivity contribution in [2.24, 2.45) is 0 Å². The summed E-state index contributed by atoms with van der Waals surface area (Å²) in [7, 11) is 0. The number of cyclic esters (lactones) is 4. The lowest BCUT2D eigenvalue weighted by Gasteiger charge is -2.08. The average Bonchev–Trinajstić information content (AvgIpc) is 3.23. The molecule has 0 N–H and O–H groups in total. The minimum absolute atomic E-state index is 0.253. The number of esters is 4. The third-order valence-electron chi connectivity index (χ3n) is 5.31. The van der Waals surface area contributed by atoms with Gasteiger partial charge in [-0.2, -0.15) is 0 Å². The first-order valence-corrected chi connectivity index (χ1v) is 10.6. The van der Waals surface area contributed by atoms with Crippen LogP contribution in [-0.2, 0) is 9.47 Å². The fraction of sp³-hybridized carbons (Fsp3) is 0.333. The van der Waals surface area contributed by atoms with E-state index in [1.165, 1.54) is 0 Å². The van der Waals surface area contributed by atoms with Gasteiger partial charge in [-0.15, -0.1) is 0 Å². The summed E-state index contributed by atoms with van der Waals surface area (Å²) in [5, 5.41) is 0. The predicted octanol–water partition coefficient (Wildman–Crippen LogP) is 4.11. The van der Waals surface area contributed by atoms with Crippen molar-refractivity contribution in [3.05, 3.63) is 58.7 Å². The molecule has 4 rings (SSSR count). The highest BCUT2D eigenvalue weighted by molar-refractivity contribution is 6.15. The van der Waals surface area contributed by atoms with E-state index in [1.54, 1.807) is 36.4 Å². The minimum atomic E-state index is -0.631. The van der Waals surface area contributed by atoms with Gasteiger partial charge in [0.1, 0.15) is 11.5 Å². The molecule has 2 aliphatic heterocycles. The van der Waals surface area contributed by atoms with Crippen LogP contribution in [-0.4, -0.2) is 37.1 Å². The molecule has 0 aliphatic carbocycles. The van der Waals surface area contributed by atoms with Crippen molar-refractivity contribution in [2.45, 2.75) is 38.5 Å². The lowest BCUT2D eigenvalue weighted by atomic mass is 10.1. The first kappa shape index (κ1) is 21.5. The molecule has 166 valence electrons. The maximum absolute atomic E-state index is 11.6. The summed E-state index contributed by atoms with van der Waals surface area (Å²) in [5.41, 5.74) is 1.06. The van der Waals surface area contributed by atoms with Crippen LogP contribution < -0.4 is 9.47 Å². The van der Waals surface area contributed by atoms with Crippen LogP contribution in [0.1, 0.15) is 80.0 Å². The minimum Gasteiger partial charge on any atom is -0.494 e. The molecule has 0 saturated carbocycles. The lowest BCUT2D eigenvalue weighted by molar-refractivity contribution is 0.0425. The number of hydrogen-bond acceptors (Lipinski definition) is 8. The number of benzene rings is 2. The highest BCUT2D eigenvalue weighted by atomic mass is 16.6. The summed E-state index contributed by atoms with van der Waals surface area (Å²) in [5.74, 6) is -1.39. The summed E-state index contributed by atoms with van der Waals surface area (Å²) in [4.78, 5) is 46.0. The molecule has 32 heavy (non-hydrogen) atoms. The average molecular weight is 438 g/mol. The van der Waals surface area contributed by atoms with Gasteiger partial charge in [0.05, 0.1) is 35.5 Å². The van der Waals surface area contributed by atoms with E-state index in [9.17, 15) is 19.2 Å². The molecule has 2 heterocycles. The maximum Gasteiger partial charge on any atom is 0.347 e. The number of unbranched alkanes of at least 4 members (excludes halogenated alkanes) is 5. The van der Waals surface area contributed by atoms with Crippen molar-refractivity contribution in [3.63, 3.8) is 0 Å². The van der Waals surface area contributed by atoms with Crippen LogP contribution in [0.4, 0.5) is 0 Å².